The van der Waals surface area contributed by atoms with Crippen LogP contribution in [0.5, 0.6) is 0 Å². The number of benzene rings is 1. The van der Waals surface area contributed by atoms with Gasteiger partial charge in [-0.3, -0.25) is 0 Å². The van der Waals surface area contributed by atoms with Crippen LogP contribution in [0.4, 0.5) is 0 Å². The van der Waals surface area contributed by atoms with E-state index in [0.717, 1.165) is 11.0 Å². The molecule has 4 heteroatoms. The summed E-state index contributed by atoms with van der Waals surface area (Å²) in [5.41, 5.74) is 2.02. The summed E-state index contributed by atoms with van der Waals surface area (Å²) in [7, 11) is 1.88. The van der Waals surface area contributed by atoms with Crippen LogP contribution in [0.1, 0.15) is 0 Å². The maximum absolute atomic E-state index is 3.93. The number of aromatic nitrogens is 3. The second-order valence-electron chi connectivity index (χ2n) is 2.20. The van der Waals surface area contributed by atoms with Crippen molar-refractivity contribution in [2.24, 2.45) is 7.05 Å². The SMILES string of the molecule is Cn1nnc2ccccc21.[Ag]. The number of rotatable bonds is 0. The third-order valence-electron chi connectivity index (χ3n) is 1.52. The fourth-order valence-corrected chi connectivity index (χ4v) is 0.986. The van der Waals surface area contributed by atoms with Crippen LogP contribution in [0, 0.1) is 0 Å². The van der Waals surface area contributed by atoms with E-state index in [1.54, 1.807) is 4.68 Å². The first kappa shape index (κ1) is 8.46. The molecule has 61 valence electrons. The molecule has 3 nitrogen and oxygen atoms in total. The minimum Gasteiger partial charge on any atom is -0.248 e. The van der Waals surface area contributed by atoms with Gasteiger partial charge in [0, 0.05) is 29.4 Å². The molecule has 0 spiro atoms. The van der Waals surface area contributed by atoms with E-state index < -0.39 is 0 Å². The molecule has 1 aromatic carbocycles. The number of nitrogens with zero attached hydrogens (tertiary/aromatic N) is 3. The van der Waals surface area contributed by atoms with Gasteiger partial charge in [-0.25, -0.2) is 4.68 Å². The van der Waals surface area contributed by atoms with E-state index in [-0.39, 0.29) is 22.4 Å². The van der Waals surface area contributed by atoms with Gasteiger partial charge in [-0.15, -0.1) is 5.10 Å². The summed E-state index contributed by atoms with van der Waals surface area (Å²) in [5.74, 6) is 0. The van der Waals surface area contributed by atoms with Crippen LogP contribution in [0.2, 0.25) is 0 Å². The van der Waals surface area contributed by atoms with Gasteiger partial charge in [0.1, 0.15) is 5.52 Å². The molecule has 0 N–H and O–H groups in total. The molecular weight excluding hydrogens is 234 g/mol. The summed E-state index contributed by atoms with van der Waals surface area (Å²) >= 11 is 0. The Morgan fingerprint density at radius 1 is 1.27 bits per heavy atom. The molecule has 2 aromatic rings. The van der Waals surface area contributed by atoms with E-state index in [0.29, 0.717) is 0 Å². The molecule has 0 aliphatic rings. The summed E-state index contributed by atoms with van der Waals surface area (Å²) < 4.78 is 1.76. The zero-order chi connectivity index (χ0) is 6.97. The van der Waals surface area contributed by atoms with E-state index in [1.807, 2.05) is 31.3 Å². The summed E-state index contributed by atoms with van der Waals surface area (Å²) in [6.45, 7) is 0. The molecule has 0 aliphatic carbocycles. The van der Waals surface area contributed by atoms with Crippen LogP contribution in [-0.4, -0.2) is 15.0 Å². The Balaban J connectivity index is 0.000000605. The van der Waals surface area contributed by atoms with Gasteiger partial charge in [-0.05, 0) is 12.1 Å². The number of para-hydroxylation sites is 1. The monoisotopic (exact) mass is 240 g/mol. The quantitative estimate of drug-likeness (QED) is 0.643. The van der Waals surface area contributed by atoms with Gasteiger partial charge in [0.25, 0.3) is 0 Å². The number of fused-ring (bicyclic) bond motifs is 1. The predicted octanol–water partition coefficient (Wildman–Crippen LogP) is 0.966. The van der Waals surface area contributed by atoms with Crippen molar-refractivity contribution >= 4 is 11.0 Å². The molecule has 0 saturated heterocycles. The van der Waals surface area contributed by atoms with Crippen molar-refractivity contribution in [2.75, 3.05) is 0 Å². The van der Waals surface area contributed by atoms with Crippen LogP contribution in [0.25, 0.3) is 11.0 Å². The minimum atomic E-state index is 0. The minimum absolute atomic E-state index is 0. The van der Waals surface area contributed by atoms with E-state index in [2.05, 4.69) is 10.3 Å². The second kappa shape index (κ2) is 3.17. The molecule has 11 heavy (non-hydrogen) atoms. The van der Waals surface area contributed by atoms with Crippen molar-refractivity contribution < 1.29 is 22.4 Å². The molecular formula is C7H7AgN3. The van der Waals surface area contributed by atoms with Crippen molar-refractivity contribution in [2.45, 2.75) is 0 Å². The van der Waals surface area contributed by atoms with Crippen LogP contribution >= 0.6 is 0 Å². The molecule has 1 heterocycles. The fraction of sp³-hybridized carbons (Fsp3) is 0.143. The van der Waals surface area contributed by atoms with Crippen molar-refractivity contribution in [3.05, 3.63) is 24.3 Å². The summed E-state index contributed by atoms with van der Waals surface area (Å²) in [5, 5.41) is 7.79. The van der Waals surface area contributed by atoms with E-state index >= 15 is 0 Å². The normalized spacial score (nSPS) is 9.55. The van der Waals surface area contributed by atoms with Crippen molar-refractivity contribution in [1.29, 1.82) is 0 Å². The fourth-order valence-electron chi connectivity index (χ4n) is 0.986. The van der Waals surface area contributed by atoms with Crippen molar-refractivity contribution in [1.82, 2.24) is 15.0 Å². The van der Waals surface area contributed by atoms with Gasteiger partial charge in [-0.1, -0.05) is 17.3 Å². The third-order valence-corrected chi connectivity index (χ3v) is 1.52. The van der Waals surface area contributed by atoms with E-state index in [1.165, 1.54) is 0 Å². The number of hydrogen-bond donors (Lipinski definition) is 0. The summed E-state index contributed by atoms with van der Waals surface area (Å²) in [6, 6.07) is 7.88. The molecule has 1 aromatic heterocycles. The first-order valence-corrected chi connectivity index (χ1v) is 3.12. The number of hydrogen-bond acceptors (Lipinski definition) is 2. The predicted molar refractivity (Wildman–Crippen MR) is 38.5 cm³/mol. The molecule has 0 fully saturated rings. The van der Waals surface area contributed by atoms with Crippen LogP contribution in [-0.2, 0) is 29.4 Å². The zero-order valence-corrected chi connectivity index (χ0v) is 7.43. The van der Waals surface area contributed by atoms with Gasteiger partial charge < -0.3 is 0 Å². The Morgan fingerprint density at radius 3 is 2.73 bits per heavy atom. The van der Waals surface area contributed by atoms with E-state index in [9.17, 15) is 0 Å². The topological polar surface area (TPSA) is 30.7 Å². The summed E-state index contributed by atoms with van der Waals surface area (Å²) in [6.07, 6.45) is 0. The molecule has 0 saturated carbocycles. The standard InChI is InChI=1S/C7H7N3.Ag/c1-10-7-5-3-2-4-6(7)8-9-10;/h2-5H,1H3;. The van der Waals surface area contributed by atoms with Crippen molar-refractivity contribution in [3.63, 3.8) is 0 Å². The molecule has 0 aliphatic heterocycles. The molecule has 0 bridgehead atoms. The molecule has 1 radical (unpaired) electrons. The average Bonchev–Trinajstić information content (AvgIpc) is 2.34. The maximum Gasteiger partial charge on any atom is 0.113 e. The Hall–Kier alpha value is -0.640. The second-order valence-corrected chi connectivity index (χ2v) is 2.20. The average molecular weight is 241 g/mol. The Kier molecular flexibility index (Phi) is 2.44. The van der Waals surface area contributed by atoms with Crippen LogP contribution in [0.15, 0.2) is 24.3 Å². The molecule has 0 unspecified atom stereocenters. The van der Waals surface area contributed by atoms with Gasteiger partial charge in [-0.2, -0.15) is 0 Å². The van der Waals surface area contributed by atoms with Gasteiger partial charge in [0.15, 0.2) is 0 Å². The largest absolute Gasteiger partial charge is 0.248 e. The smallest absolute Gasteiger partial charge is 0.113 e. The van der Waals surface area contributed by atoms with Crippen LogP contribution < -0.4 is 0 Å². The van der Waals surface area contributed by atoms with Gasteiger partial charge in [0.2, 0.25) is 0 Å². The summed E-state index contributed by atoms with van der Waals surface area (Å²) in [4.78, 5) is 0. The first-order chi connectivity index (χ1) is 4.88. The maximum atomic E-state index is 3.93. The number of aryl methyl sites for hydroxylation is 1. The van der Waals surface area contributed by atoms with Crippen molar-refractivity contribution in [3.8, 4) is 0 Å². The molecule has 0 atom stereocenters. The first-order valence-electron chi connectivity index (χ1n) is 3.12. The molecule has 2 rings (SSSR count). The molecule has 0 amide bonds. The van der Waals surface area contributed by atoms with Crippen LogP contribution in [0.3, 0.4) is 0 Å². The zero-order valence-electron chi connectivity index (χ0n) is 5.95. The van der Waals surface area contributed by atoms with Gasteiger partial charge in [0.05, 0.1) is 5.52 Å². The Labute approximate surface area is 79.9 Å². The van der Waals surface area contributed by atoms with E-state index in [4.69, 9.17) is 0 Å². The third kappa shape index (κ3) is 1.35. The van der Waals surface area contributed by atoms with Gasteiger partial charge >= 0.3 is 0 Å². The Bertz CT molecular complexity index is 355. The Morgan fingerprint density at radius 2 is 2.00 bits per heavy atom.